The highest BCUT2D eigenvalue weighted by Crippen LogP contribution is 2.29. The van der Waals surface area contributed by atoms with Crippen molar-refractivity contribution in [2.24, 2.45) is 0 Å². The molecule has 2 amide bonds. The number of hydrogen-bond donors (Lipinski definition) is 1. The van der Waals surface area contributed by atoms with Gasteiger partial charge < -0.3 is 15.0 Å². The van der Waals surface area contributed by atoms with Crippen LogP contribution in [0, 0.1) is 0 Å². The van der Waals surface area contributed by atoms with E-state index in [9.17, 15) is 18.0 Å². The van der Waals surface area contributed by atoms with Crippen molar-refractivity contribution in [3.8, 4) is 5.75 Å². The van der Waals surface area contributed by atoms with Gasteiger partial charge in [-0.1, -0.05) is 67.2 Å². The fourth-order valence-corrected chi connectivity index (χ4v) is 6.21. The predicted octanol–water partition coefficient (Wildman–Crippen LogP) is 6.57. The second-order valence-electron chi connectivity index (χ2n) is 9.51. The number of nitrogens with zero attached hydrogens (tertiary/aromatic N) is 2. The second kappa shape index (κ2) is 15.5. The van der Waals surface area contributed by atoms with Crippen LogP contribution in [-0.4, -0.2) is 51.4 Å². The third kappa shape index (κ3) is 8.53. The summed E-state index contributed by atoms with van der Waals surface area (Å²) >= 11 is 18.6. The van der Waals surface area contributed by atoms with Gasteiger partial charge in [-0.15, -0.1) is 0 Å². The number of rotatable bonds is 14. The van der Waals surface area contributed by atoms with E-state index >= 15 is 0 Å². The molecule has 226 valence electrons. The maximum Gasteiger partial charge on any atom is 0.264 e. The molecule has 3 rings (SSSR count). The summed E-state index contributed by atoms with van der Waals surface area (Å²) in [5, 5.41) is 3.83. The van der Waals surface area contributed by atoms with Crippen molar-refractivity contribution in [1.29, 1.82) is 0 Å². The van der Waals surface area contributed by atoms with E-state index in [0.717, 1.165) is 17.1 Å². The molecule has 0 saturated heterocycles. The lowest BCUT2D eigenvalue weighted by atomic mass is 10.1. The van der Waals surface area contributed by atoms with E-state index in [1.54, 1.807) is 43.3 Å². The van der Waals surface area contributed by atoms with Gasteiger partial charge in [0.15, 0.2) is 0 Å². The topological polar surface area (TPSA) is 96.0 Å². The van der Waals surface area contributed by atoms with E-state index < -0.39 is 28.5 Å². The molecule has 0 unspecified atom stereocenters. The molecule has 0 radical (unpaired) electrons. The molecule has 0 aliphatic heterocycles. The summed E-state index contributed by atoms with van der Waals surface area (Å²) in [4.78, 5) is 28.7. The maximum absolute atomic E-state index is 14.1. The molecule has 42 heavy (non-hydrogen) atoms. The van der Waals surface area contributed by atoms with E-state index in [2.05, 4.69) is 5.32 Å². The van der Waals surface area contributed by atoms with E-state index in [-0.39, 0.29) is 23.0 Å². The number of ether oxygens (including phenoxy) is 1. The highest BCUT2D eigenvalue weighted by molar-refractivity contribution is 7.92. The molecule has 0 aliphatic carbocycles. The molecule has 0 aromatic heterocycles. The van der Waals surface area contributed by atoms with Gasteiger partial charge in [-0.3, -0.25) is 13.9 Å². The van der Waals surface area contributed by atoms with Gasteiger partial charge in [0.05, 0.1) is 27.7 Å². The first-order valence-electron chi connectivity index (χ1n) is 13.4. The van der Waals surface area contributed by atoms with Gasteiger partial charge in [-0.25, -0.2) is 8.42 Å². The molecule has 3 aromatic rings. The number of unbranched alkanes of at least 4 members (excludes halogenated alkanes) is 1. The lowest BCUT2D eigenvalue weighted by Gasteiger charge is -2.33. The molecule has 0 bridgehead atoms. The average Bonchev–Trinajstić information content (AvgIpc) is 2.97. The Morgan fingerprint density at radius 1 is 0.952 bits per heavy atom. The van der Waals surface area contributed by atoms with Crippen LogP contribution in [0.25, 0.3) is 0 Å². The molecule has 1 atom stereocenters. The summed E-state index contributed by atoms with van der Waals surface area (Å²) in [5.41, 5.74) is 0.825. The molecule has 0 spiro atoms. The average molecular weight is 655 g/mol. The van der Waals surface area contributed by atoms with E-state index in [0.29, 0.717) is 39.3 Å². The highest BCUT2D eigenvalue weighted by Gasteiger charge is 2.33. The Morgan fingerprint density at radius 3 is 2.26 bits per heavy atom. The van der Waals surface area contributed by atoms with Gasteiger partial charge in [-0.05, 0) is 73.0 Å². The number of benzene rings is 3. The Bertz CT molecular complexity index is 1490. The maximum atomic E-state index is 14.1. The first-order valence-corrected chi connectivity index (χ1v) is 16.0. The number of methoxy groups -OCH3 is 1. The quantitative estimate of drug-likeness (QED) is 0.198. The van der Waals surface area contributed by atoms with Crippen LogP contribution in [0.2, 0.25) is 15.1 Å². The van der Waals surface area contributed by atoms with E-state index in [1.807, 2.05) is 6.92 Å². The van der Waals surface area contributed by atoms with E-state index in [4.69, 9.17) is 39.5 Å². The van der Waals surface area contributed by atoms with Gasteiger partial charge in [0.2, 0.25) is 11.8 Å². The van der Waals surface area contributed by atoms with Gasteiger partial charge >= 0.3 is 0 Å². The van der Waals surface area contributed by atoms with Crippen molar-refractivity contribution in [3.05, 3.63) is 87.4 Å². The molecule has 12 heteroatoms. The van der Waals surface area contributed by atoms with Crippen molar-refractivity contribution in [1.82, 2.24) is 10.2 Å². The Labute approximate surface area is 262 Å². The number of anilines is 1. The van der Waals surface area contributed by atoms with E-state index in [1.165, 1.54) is 42.3 Å². The third-order valence-electron chi connectivity index (χ3n) is 6.57. The highest BCUT2D eigenvalue weighted by atomic mass is 35.5. The summed E-state index contributed by atoms with van der Waals surface area (Å²) < 4.78 is 34.1. The zero-order valence-electron chi connectivity index (χ0n) is 23.6. The Balaban J connectivity index is 2.05. The van der Waals surface area contributed by atoms with Crippen molar-refractivity contribution in [3.63, 3.8) is 0 Å². The molecule has 3 aromatic carbocycles. The van der Waals surface area contributed by atoms with Crippen molar-refractivity contribution in [2.75, 3.05) is 24.5 Å². The largest absolute Gasteiger partial charge is 0.497 e. The fraction of sp³-hybridized carbons (Fsp3) is 0.333. The standard InChI is InChI=1S/C30H34Cl3N3O5S/c1-4-6-16-34-30(38)28(5-2)35(19-21-10-15-26(32)27(33)17-21)29(37)20-36(23-9-7-8-22(31)18-23)42(39,40)25-13-11-24(41-3)12-14-25/h7-15,17-18,28H,4-6,16,19-20H2,1-3H3,(H,34,38)/t28-/m0/s1. The van der Waals surface area contributed by atoms with Crippen LogP contribution in [-0.2, 0) is 26.2 Å². The van der Waals surface area contributed by atoms with Crippen molar-refractivity contribution < 1.29 is 22.7 Å². The number of carbonyl (C=O) groups is 2. The normalized spacial score (nSPS) is 12.0. The minimum Gasteiger partial charge on any atom is -0.497 e. The monoisotopic (exact) mass is 653 g/mol. The van der Waals surface area contributed by atoms with Gasteiger partial charge in [0, 0.05) is 18.1 Å². The minimum atomic E-state index is -4.25. The van der Waals surface area contributed by atoms with Crippen LogP contribution >= 0.6 is 34.8 Å². The predicted molar refractivity (Wildman–Crippen MR) is 168 cm³/mol. The number of sulfonamides is 1. The van der Waals surface area contributed by atoms with Gasteiger partial charge in [-0.2, -0.15) is 0 Å². The molecular formula is C30H34Cl3N3O5S. The zero-order valence-corrected chi connectivity index (χ0v) is 26.7. The van der Waals surface area contributed by atoms with Crippen LogP contribution in [0.5, 0.6) is 5.75 Å². The molecular weight excluding hydrogens is 621 g/mol. The molecule has 0 heterocycles. The second-order valence-corrected chi connectivity index (χ2v) is 12.6. The first kappa shape index (κ1) is 33.5. The summed E-state index contributed by atoms with van der Waals surface area (Å²) in [6.07, 6.45) is 1.97. The van der Waals surface area contributed by atoms with Crippen LogP contribution in [0.3, 0.4) is 0 Å². The number of carbonyl (C=O) groups excluding carboxylic acids is 2. The summed E-state index contributed by atoms with van der Waals surface area (Å²) in [6, 6.07) is 16.1. The van der Waals surface area contributed by atoms with Crippen LogP contribution in [0.15, 0.2) is 71.6 Å². The zero-order chi connectivity index (χ0) is 30.9. The van der Waals surface area contributed by atoms with Gasteiger partial charge in [0.1, 0.15) is 18.3 Å². The molecule has 0 aliphatic rings. The Kier molecular flexibility index (Phi) is 12.4. The molecule has 0 saturated carbocycles. The smallest absolute Gasteiger partial charge is 0.264 e. The lowest BCUT2D eigenvalue weighted by molar-refractivity contribution is -0.140. The van der Waals surface area contributed by atoms with Gasteiger partial charge in [0.25, 0.3) is 10.0 Å². The van der Waals surface area contributed by atoms with Crippen LogP contribution in [0.1, 0.15) is 38.7 Å². The van der Waals surface area contributed by atoms with Crippen molar-refractivity contribution in [2.45, 2.75) is 50.6 Å². The van der Waals surface area contributed by atoms with Crippen LogP contribution < -0.4 is 14.4 Å². The minimum absolute atomic E-state index is 0.00138. The lowest BCUT2D eigenvalue weighted by Crippen LogP contribution is -2.52. The molecule has 8 nitrogen and oxygen atoms in total. The summed E-state index contributed by atoms with van der Waals surface area (Å²) in [6.45, 7) is 3.68. The number of hydrogen-bond acceptors (Lipinski definition) is 5. The Morgan fingerprint density at radius 2 is 1.67 bits per heavy atom. The van der Waals surface area contributed by atoms with Crippen molar-refractivity contribution >= 4 is 62.3 Å². The Hall–Kier alpha value is -2.98. The number of amides is 2. The SMILES string of the molecule is CCCCNC(=O)[C@H](CC)N(Cc1ccc(Cl)c(Cl)c1)C(=O)CN(c1cccc(Cl)c1)S(=O)(=O)c1ccc(OC)cc1. The number of nitrogens with one attached hydrogen (secondary N) is 1. The summed E-state index contributed by atoms with van der Waals surface area (Å²) in [7, 11) is -2.77. The molecule has 1 N–H and O–H groups in total. The third-order valence-corrected chi connectivity index (χ3v) is 9.34. The first-order chi connectivity index (χ1) is 20.0. The number of halogens is 3. The molecule has 0 fully saturated rings. The fourth-order valence-electron chi connectivity index (χ4n) is 4.30. The summed E-state index contributed by atoms with van der Waals surface area (Å²) in [5.74, 6) is -0.436. The van der Waals surface area contributed by atoms with Crippen LogP contribution in [0.4, 0.5) is 5.69 Å².